The largest absolute Gasteiger partial charge is 0.484 e. The fourth-order valence-electron chi connectivity index (χ4n) is 2.34. The zero-order valence-corrected chi connectivity index (χ0v) is 12.3. The Morgan fingerprint density at radius 2 is 2.19 bits per heavy atom. The van der Waals surface area contributed by atoms with Crippen LogP contribution >= 0.6 is 0 Å². The van der Waals surface area contributed by atoms with Crippen molar-refractivity contribution in [3.63, 3.8) is 0 Å². The van der Waals surface area contributed by atoms with Crippen molar-refractivity contribution in [3.8, 4) is 5.75 Å². The number of ether oxygens (including phenoxy) is 1. The molecule has 0 spiro atoms. The topological polar surface area (TPSA) is 80.0 Å². The van der Waals surface area contributed by atoms with Gasteiger partial charge in [-0.25, -0.2) is 0 Å². The number of benzene rings is 1. The van der Waals surface area contributed by atoms with Gasteiger partial charge in [0.1, 0.15) is 5.75 Å². The van der Waals surface area contributed by atoms with E-state index in [1.807, 2.05) is 24.3 Å². The lowest BCUT2D eigenvalue weighted by atomic mass is 10.2. The van der Waals surface area contributed by atoms with E-state index in [1.54, 1.807) is 7.05 Å². The normalized spacial score (nSPS) is 15.1. The van der Waals surface area contributed by atoms with E-state index in [9.17, 15) is 4.79 Å². The first-order valence-electron chi connectivity index (χ1n) is 7.14. The number of hydrogen-bond donors (Lipinski definition) is 2. The molecule has 1 saturated heterocycles. The minimum Gasteiger partial charge on any atom is -0.484 e. The molecule has 6 nitrogen and oxygen atoms in total. The molecule has 1 aromatic rings. The first-order chi connectivity index (χ1) is 10.2. The van der Waals surface area contributed by atoms with Gasteiger partial charge in [0.05, 0.1) is 0 Å². The van der Waals surface area contributed by atoms with E-state index in [0.717, 1.165) is 24.6 Å². The van der Waals surface area contributed by atoms with Crippen molar-refractivity contribution < 1.29 is 9.53 Å². The number of nitrogens with one attached hydrogen (secondary N) is 1. The Morgan fingerprint density at radius 1 is 1.43 bits per heavy atom. The summed E-state index contributed by atoms with van der Waals surface area (Å²) in [5.41, 5.74) is 6.13. The second-order valence-corrected chi connectivity index (χ2v) is 5.00. The average molecular weight is 290 g/mol. The number of nitrogens with two attached hydrogens (primary N) is 1. The molecule has 0 saturated carbocycles. The van der Waals surface area contributed by atoms with Gasteiger partial charge in [0.15, 0.2) is 12.6 Å². The Balaban J connectivity index is 1.90. The highest BCUT2D eigenvalue weighted by Crippen LogP contribution is 2.13. The quantitative estimate of drug-likeness (QED) is 0.618. The van der Waals surface area contributed by atoms with Gasteiger partial charge in [-0.1, -0.05) is 12.1 Å². The van der Waals surface area contributed by atoms with Gasteiger partial charge < -0.3 is 20.7 Å². The molecule has 0 aliphatic carbocycles. The number of carbonyl (C=O) groups is 1. The molecule has 1 aliphatic heterocycles. The molecule has 0 radical (unpaired) electrons. The lowest BCUT2D eigenvalue weighted by Crippen LogP contribution is -2.39. The highest BCUT2D eigenvalue weighted by atomic mass is 16.5. The van der Waals surface area contributed by atoms with Gasteiger partial charge in [0.2, 0.25) is 0 Å². The summed E-state index contributed by atoms with van der Waals surface area (Å²) < 4.78 is 5.30. The number of aliphatic imine (C=N–C) groups is 1. The van der Waals surface area contributed by atoms with Crippen molar-refractivity contribution in [2.75, 3.05) is 26.7 Å². The number of amides is 1. The number of guanidine groups is 1. The monoisotopic (exact) mass is 290 g/mol. The fraction of sp³-hybridized carbons (Fsp3) is 0.467. The summed E-state index contributed by atoms with van der Waals surface area (Å²) in [6, 6.07) is 7.60. The molecule has 114 valence electrons. The standard InChI is InChI=1S/C15H22N4O2/c1-17-15(19-7-2-3-8-19)18-10-12-5-4-6-13(9-12)21-11-14(16)20/h4-6,9H,2-3,7-8,10-11H2,1H3,(H2,16,20)(H,17,18). The number of likely N-dealkylation sites (tertiary alicyclic amines) is 1. The summed E-state index contributed by atoms with van der Waals surface area (Å²) in [6.07, 6.45) is 2.44. The third-order valence-corrected chi connectivity index (χ3v) is 3.35. The van der Waals surface area contributed by atoms with Gasteiger partial charge in [-0.15, -0.1) is 0 Å². The molecule has 1 fully saturated rings. The lowest BCUT2D eigenvalue weighted by Gasteiger charge is -2.20. The van der Waals surface area contributed by atoms with E-state index in [2.05, 4.69) is 15.2 Å². The molecule has 21 heavy (non-hydrogen) atoms. The van der Waals surface area contributed by atoms with E-state index >= 15 is 0 Å². The van der Waals surface area contributed by atoms with Crippen LogP contribution in [0.2, 0.25) is 0 Å². The van der Waals surface area contributed by atoms with Crippen molar-refractivity contribution >= 4 is 11.9 Å². The average Bonchev–Trinajstić information content (AvgIpc) is 3.00. The summed E-state index contributed by atoms with van der Waals surface area (Å²) in [5.74, 6) is 1.09. The highest BCUT2D eigenvalue weighted by molar-refractivity contribution is 5.80. The Labute approximate surface area is 125 Å². The van der Waals surface area contributed by atoms with E-state index in [0.29, 0.717) is 12.3 Å². The lowest BCUT2D eigenvalue weighted by molar-refractivity contribution is -0.119. The van der Waals surface area contributed by atoms with Crippen LogP contribution in [-0.2, 0) is 11.3 Å². The minimum atomic E-state index is -0.479. The van der Waals surface area contributed by atoms with Crippen LogP contribution in [0.15, 0.2) is 29.3 Å². The maximum atomic E-state index is 10.7. The Morgan fingerprint density at radius 3 is 2.86 bits per heavy atom. The summed E-state index contributed by atoms with van der Waals surface area (Å²) >= 11 is 0. The molecule has 3 N–H and O–H groups in total. The van der Waals surface area contributed by atoms with Crippen molar-refractivity contribution in [2.45, 2.75) is 19.4 Å². The Hall–Kier alpha value is -2.24. The number of primary amides is 1. The molecular weight excluding hydrogens is 268 g/mol. The highest BCUT2D eigenvalue weighted by Gasteiger charge is 2.15. The summed E-state index contributed by atoms with van der Waals surface area (Å²) in [7, 11) is 1.80. The number of rotatable bonds is 5. The van der Waals surface area contributed by atoms with E-state index in [1.165, 1.54) is 12.8 Å². The van der Waals surface area contributed by atoms with Crippen LogP contribution in [0, 0.1) is 0 Å². The van der Waals surface area contributed by atoms with Gasteiger partial charge in [-0.3, -0.25) is 9.79 Å². The molecule has 0 unspecified atom stereocenters. The summed E-state index contributed by atoms with van der Waals surface area (Å²) in [6.45, 7) is 2.67. The molecule has 6 heteroatoms. The molecule has 0 bridgehead atoms. The predicted octanol–water partition coefficient (Wildman–Crippen LogP) is 0.722. The van der Waals surface area contributed by atoms with Crippen molar-refractivity contribution in [3.05, 3.63) is 29.8 Å². The molecule has 2 rings (SSSR count). The Bertz CT molecular complexity index is 510. The maximum Gasteiger partial charge on any atom is 0.255 e. The van der Waals surface area contributed by atoms with Gasteiger partial charge in [-0.05, 0) is 30.5 Å². The van der Waals surface area contributed by atoms with Gasteiger partial charge in [0.25, 0.3) is 5.91 Å². The molecule has 0 atom stereocenters. The smallest absolute Gasteiger partial charge is 0.255 e. The van der Waals surface area contributed by atoms with E-state index in [4.69, 9.17) is 10.5 Å². The van der Waals surface area contributed by atoms with Crippen LogP contribution in [0.1, 0.15) is 18.4 Å². The molecule has 0 aromatic heterocycles. The summed E-state index contributed by atoms with van der Waals surface area (Å²) in [5, 5.41) is 3.35. The van der Waals surface area contributed by atoms with Crippen molar-refractivity contribution in [1.82, 2.24) is 10.2 Å². The fourth-order valence-corrected chi connectivity index (χ4v) is 2.34. The first kappa shape index (κ1) is 15.2. The molecule has 1 amide bonds. The summed E-state index contributed by atoms with van der Waals surface area (Å²) in [4.78, 5) is 17.3. The van der Waals surface area contributed by atoms with Crippen LogP contribution in [0.3, 0.4) is 0 Å². The minimum absolute atomic E-state index is 0.105. The van der Waals surface area contributed by atoms with Gasteiger partial charge in [-0.2, -0.15) is 0 Å². The van der Waals surface area contributed by atoms with Crippen LogP contribution in [-0.4, -0.2) is 43.5 Å². The number of nitrogens with zero attached hydrogens (tertiary/aromatic N) is 2. The van der Waals surface area contributed by atoms with Crippen LogP contribution < -0.4 is 15.8 Å². The van der Waals surface area contributed by atoms with Crippen molar-refractivity contribution in [2.24, 2.45) is 10.7 Å². The Kier molecular flexibility index (Phi) is 5.43. The number of carbonyl (C=O) groups excluding carboxylic acids is 1. The zero-order valence-electron chi connectivity index (χ0n) is 12.3. The maximum absolute atomic E-state index is 10.7. The SMILES string of the molecule is CN=C(NCc1cccc(OCC(N)=O)c1)N1CCCC1. The first-order valence-corrected chi connectivity index (χ1v) is 7.14. The van der Waals surface area contributed by atoms with Crippen molar-refractivity contribution in [1.29, 1.82) is 0 Å². The second kappa shape index (κ2) is 7.52. The van der Waals surface area contributed by atoms with Crippen LogP contribution in [0.5, 0.6) is 5.75 Å². The van der Waals surface area contributed by atoms with E-state index < -0.39 is 5.91 Å². The van der Waals surface area contributed by atoms with Gasteiger partial charge in [0, 0.05) is 26.7 Å². The molecular formula is C15H22N4O2. The third kappa shape index (κ3) is 4.66. The second-order valence-electron chi connectivity index (χ2n) is 5.00. The van der Waals surface area contributed by atoms with Crippen LogP contribution in [0.25, 0.3) is 0 Å². The molecule has 1 aromatic carbocycles. The molecule has 1 heterocycles. The van der Waals surface area contributed by atoms with E-state index in [-0.39, 0.29) is 6.61 Å². The molecule has 1 aliphatic rings. The third-order valence-electron chi connectivity index (χ3n) is 3.35. The zero-order chi connectivity index (χ0) is 15.1. The van der Waals surface area contributed by atoms with Gasteiger partial charge >= 0.3 is 0 Å². The predicted molar refractivity (Wildman–Crippen MR) is 82.1 cm³/mol. The number of hydrogen-bond acceptors (Lipinski definition) is 3. The van der Waals surface area contributed by atoms with Crippen LogP contribution in [0.4, 0.5) is 0 Å².